The van der Waals surface area contributed by atoms with Crippen LogP contribution in [0.1, 0.15) is 26.7 Å². The number of aliphatic carboxylic acids is 1. The van der Waals surface area contributed by atoms with Gasteiger partial charge in [0.1, 0.15) is 6.04 Å². The number of carbonyl (C=O) groups is 3. The average Bonchev–Trinajstić information content (AvgIpc) is 2.22. The van der Waals surface area contributed by atoms with E-state index >= 15 is 0 Å². The first-order chi connectivity index (χ1) is 7.86. The highest BCUT2D eigenvalue weighted by Crippen LogP contribution is 1.99. The van der Waals surface area contributed by atoms with Gasteiger partial charge in [-0.3, -0.25) is 4.79 Å². The molecular weight excluding hydrogens is 228 g/mol. The van der Waals surface area contributed by atoms with Crippen LogP contribution in [-0.4, -0.2) is 42.3 Å². The number of carbonyl (C=O) groups excluding carboxylic acids is 2. The molecule has 0 unspecified atom stereocenters. The third-order valence-corrected chi connectivity index (χ3v) is 1.89. The van der Waals surface area contributed by atoms with Gasteiger partial charge in [0, 0.05) is 12.5 Å². The standard InChI is InChI=1S/C10H18N2O5/c1-6(2)11-10(16)12-7(9(14)15)4-5-8(13)17-3/h6-7H,4-5H2,1-3H3,(H,14,15)(H2,11,12,16)/t7-/m1/s1. The molecule has 0 aromatic carbocycles. The Kier molecular flexibility index (Phi) is 6.69. The molecule has 2 amide bonds. The Morgan fingerprint density at radius 1 is 1.24 bits per heavy atom. The molecule has 0 spiro atoms. The number of carboxylic acid groups (broad SMARTS) is 1. The van der Waals surface area contributed by atoms with E-state index in [1.165, 1.54) is 7.11 Å². The van der Waals surface area contributed by atoms with E-state index in [2.05, 4.69) is 15.4 Å². The van der Waals surface area contributed by atoms with Crippen molar-refractivity contribution < 1.29 is 24.2 Å². The number of urea groups is 1. The first kappa shape index (κ1) is 15.2. The van der Waals surface area contributed by atoms with E-state index < -0.39 is 24.0 Å². The van der Waals surface area contributed by atoms with Crippen LogP contribution in [0.3, 0.4) is 0 Å². The van der Waals surface area contributed by atoms with E-state index in [1.807, 2.05) is 0 Å². The number of rotatable bonds is 6. The molecule has 0 saturated heterocycles. The molecule has 0 fully saturated rings. The lowest BCUT2D eigenvalue weighted by molar-refractivity contribution is -0.142. The fourth-order valence-electron chi connectivity index (χ4n) is 1.08. The lowest BCUT2D eigenvalue weighted by atomic mass is 10.1. The van der Waals surface area contributed by atoms with Crippen LogP contribution >= 0.6 is 0 Å². The van der Waals surface area contributed by atoms with Crippen molar-refractivity contribution in [3.05, 3.63) is 0 Å². The number of methoxy groups -OCH3 is 1. The average molecular weight is 246 g/mol. The Morgan fingerprint density at radius 2 is 1.82 bits per heavy atom. The number of esters is 1. The molecule has 17 heavy (non-hydrogen) atoms. The van der Waals surface area contributed by atoms with E-state index in [1.54, 1.807) is 13.8 Å². The topological polar surface area (TPSA) is 105 Å². The molecule has 7 heteroatoms. The van der Waals surface area contributed by atoms with Crippen molar-refractivity contribution in [3.8, 4) is 0 Å². The van der Waals surface area contributed by atoms with Gasteiger partial charge in [-0.1, -0.05) is 0 Å². The highest BCUT2D eigenvalue weighted by atomic mass is 16.5. The van der Waals surface area contributed by atoms with Gasteiger partial charge in [0.2, 0.25) is 0 Å². The normalized spacial score (nSPS) is 11.8. The molecule has 98 valence electrons. The van der Waals surface area contributed by atoms with Crippen LogP contribution in [-0.2, 0) is 14.3 Å². The molecule has 0 rings (SSSR count). The number of hydrogen-bond donors (Lipinski definition) is 3. The number of amides is 2. The van der Waals surface area contributed by atoms with Gasteiger partial charge in [0.25, 0.3) is 0 Å². The number of ether oxygens (including phenoxy) is 1. The molecule has 7 nitrogen and oxygen atoms in total. The van der Waals surface area contributed by atoms with Gasteiger partial charge in [-0.25, -0.2) is 9.59 Å². The van der Waals surface area contributed by atoms with E-state index in [0.717, 1.165) is 0 Å². The summed E-state index contributed by atoms with van der Waals surface area (Å²) >= 11 is 0. The molecule has 0 aromatic rings. The second-order valence-electron chi connectivity index (χ2n) is 3.78. The van der Waals surface area contributed by atoms with Crippen LogP contribution in [0.15, 0.2) is 0 Å². The van der Waals surface area contributed by atoms with E-state index in [4.69, 9.17) is 5.11 Å². The van der Waals surface area contributed by atoms with Gasteiger partial charge in [0.15, 0.2) is 0 Å². The number of nitrogens with one attached hydrogen (secondary N) is 2. The summed E-state index contributed by atoms with van der Waals surface area (Å²) in [6.45, 7) is 3.51. The van der Waals surface area contributed by atoms with Crippen molar-refractivity contribution in [2.45, 2.75) is 38.8 Å². The van der Waals surface area contributed by atoms with Gasteiger partial charge >= 0.3 is 18.0 Å². The fraction of sp³-hybridized carbons (Fsp3) is 0.700. The molecule has 0 aliphatic carbocycles. The van der Waals surface area contributed by atoms with E-state index in [-0.39, 0.29) is 18.9 Å². The molecule has 0 aromatic heterocycles. The summed E-state index contributed by atoms with van der Waals surface area (Å²) in [5.74, 6) is -1.70. The smallest absolute Gasteiger partial charge is 0.326 e. The van der Waals surface area contributed by atoms with Crippen LogP contribution in [0.2, 0.25) is 0 Å². The maximum atomic E-state index is 11.3. The van der Waals surface area contributed by atoms with Crippen molar-refractivity contribution in [2.24, 2.45) is 0 Å². The van der Waals surface area contributed by atoms with E-state index in [0.29, 0.717) is 0 Å². The van der Waals surface area contributed by atoms with Gasteiger partial charge in [-0.15, -0.1) is 0 Å². The lowest BCUT2D eigenvalue weighted by Crippen LogP contribution is -2.48. The van der Waals surface area contributed by atoms with Crippen molar-refractivity contribution in [1.82, 2.24) is 10.6 Å². The lowest BCUT2D eigenvalue weighted by Gasteiger charge is -2.15. The molecular formula is C10H18N2O5. The Hall–Kier alpha value is -1.79. The second-order valence-corrected chi connectivity index (χ2v) is 3.78. The Bertz CT molecular complexity index is 290. The van der Waals surface area contributed by atoms with Crippen molar-refractivity contribution >= 4 is 18.0 Å². The third-order valence-electron chi connectivity index (χ3n) is 1.89. The Morgan fingerprint density at radius 3 is 2.24 bits per heavy atom. The summed E-state index contributed by atoms with van der Waals surface area (Å²) in [5.41, 5.74) is 0. The van der Waals surface area contributed by atoms with Gasteiger partial charge < -0.3 is 20.5 Å². The van der Waals surface area contributed by atoms with Gasteiger partial charge in [0.05, 0.1) is 7.11 Å². The predicted octanol–water partition coefficient (Wildman–Crippen LogP) is 0.100. The van der Waals surface area contributed by atoms with Crippen molar-refractivity contribution in [3.63, 3.8) is 0 Å². The molecule has 0 saturated carbocycles. The largest absolute Gasteiger partial charge is 0.480 e. The zero-order valence-electron chi connectivity index (χ0n) is 10.1. The molecule has 1 atom stereocenters. The second kappa shape index (κ2) is 7.48. The molecule has 0 aliphatic heterocycles. The molecule has 0 bridgehead atoms. The van der Waals surface area contributed by atoms with Crippen LogP contribution in [0.25, 0.3) is 0 Å². The van der Waals surface area contributed by atoms with E-state index in [9.17, 15) is 14.4 Å². The minimum absolute atomic E-state index is 0.00643. The number of hydrogen-bond acceptors (Lipinski definition) is 4. The summed E-state index contributed by atoms with van der Waals surface area (Å²) in [6.07, 6.45) is -0.0665. The highest BCUT2D eigenvalue weighted by Gasteiger charge is 2.21. The Labute approximate surface area is 99.5 Å². The van der Waals surface area contributed by atoms with Gasteiger partial charge in [-0.2, -0.15) is 0 Å². The first-order valence-electron chi connectivity index (χ1n) is 5.23. The molecule has 0 radical (unpaired) electrons. The molecule has 3 N–H and O–H groups in total. The minimum atomic E-state index is -1.19. The SMILES string of the molecule is COC(=O)CC[C@@H](NC(=O)NC(C)C)C(=O)O. The monoisotopic (exact) mass is 246 g/mol. The summed E-state index contributed by atoms with van der Waals surface area (Å²) in [5, 5.41) is 13.6. The third kappa shape index (κ3) is 7.15. The summed E-state index contributed by atoms with van der Waals surface area (Å²) in [4.78, 5) is 33.0. The Balaban J connectivity index is 4.20. The molecule has 0 aliphatic rings. The van der Waals surface area contributed by atoms with Crippen molar-refractivity contribution in [2.75, 3.05) is 7.11 Å². The van der Waals surface area contributed by atoms with Gasteiger partial charge in [-0.05, 0) is 20.3 Å². The van der Waals surface area contributed by atoms with Crippen LogP contribution in [0.5, 0.6) is 0 Å². The van der Waals surface area contributed by atoms with Crippen LogP contribution in [0, 0.1) is 0 Å². The van der Waals surface area contributed by atoms with Crippen LogP contribution < -0.4 is 10.6 Å². The maximum Gasteiger partial charge on any atom is 0.326 e. The fourth-order valence-corrected chi connectivity index (χ4v) is 1.08. The zero-order valence-corrected chi connectivity index (χ0v) is 10.1. The summed E-state index contributed by atoms with van der Waals surface area (Å²) < 4.78 is 4.39. The maximum absolute atomic E-state index is 11.3. The molecule has 0 heterocycles. The summed E-state index contributed by atoms with van der Waals surface area (Å²) in [7, 11) is 1.22. The summed E-state index contributed by atoms with van der Waals surface area (Å²) in [6, 6.07) is -1.77. The first-order valence-corrected chi connectivity index (χ1v) is 5.23. The van der Waals surface area contributed by atoms with Crippen molar-refractivity contribution in [1.29, 1.82) is 0 Å². The van der Waals surface area contributed by atoms with Crippen LogP contribution in [0.4, 0.5) is 4.79 Å². The quantitative estimate of drug-likeness (QED) is 0.576. The number of carboxylic acids is 1. The highest BCUT2D eigenvalue weighted by molar-refractivity contribution is 5.83. The predicted molar refractivity (Wildman–Crippen MR) is 59.5 cm³/mol. The zero-order chi connectivity index (χ0) is 13.4. The minimum Gasteiger partial charge on any atom is -0.480 e.